The molecular formula is C12H19Cl2N. The molecule has 1 aromatic rings. The first-order valence-electron chi connectivity index (χ1n) is 5.13. The Morgan fingerprint density at radius 1 is 1.33 bits per heavy atom. The first-order valence-corrected chi connectivity index (χ1v) is 5.51. The Balaban J connectivity index is 0.00000196. The molecule has 0 saturated carbocycles. The number of nitrogens with one attached hydrogen (secondary N) is 1. The molecular weight excluding hydrogens is 229 g/mol. The van der Waals surface area contributed by atoms with Crippen LogP contribution in [0.5, 0.6) is 0 Å². The maximum Gasteiger partial charge on any atom is 0.0409 e. The van der Waals surface area contributed by atoms with Gasteiger partial charge in [0.15, 0.2) is 0 Å². The van der Waals surface area contributed by atoms with Crippen molar-refractivity contribution in [2.45, 2.75) is 26.8 Å². The summed E-state index contributed by atoms with van der Waals surface area (Å²) in [6.07, 6.45) is 1.22. The third-order valence-corrected chi connectivity index (χ3v) is 2.35. The van der Waals surface area contributed by atoms with Gasteiger partial charge in [0, 0.05) is 11.6 Å². The van der Waals surface area contributed by atoms with Crippen molar-refractivity contribution in [1.82, 2.24) is 5.32 Å². The van der Waals surface area contributed by atoms with Crippen molar-refractivity contribution in [3.8, 4) is 0 Å². The first kappa shape index (κ1) is 14.8. The van der Waals surface area contributed by atoms with Crippen LogP contribution in [0.3, 0.4) is 0 Å². The Bertz CT molecular complexity index is 274. The third-order valence-electron chi connectivity index (χ3n) is 2.12. The maximum absolute atomic E-state index is 5.88. The zero-order chi connectivity index (χ0) is 10.4. The largest absolute Gasteiger partial charge is 0.313 e. The molecule has 0 heterocycles. The summed E-state index contributed by atoms with van der Waals surface area (Å²) >= 11 is 5.88. The Labute approximate surface area is 104 Å². The van der Waals surface area contributed by atoms with Gasteiger partial charge in [0.1, 0.15) is 0 Å². The van der Waals surface area contributed by atoms with Gasteiger partial charge in [-0.05, 0) is 36.6 Å². The summed E-state index contributed by atoms with van der Waals surface area (Å²) in [5, 5.41) is 4.21. The van der Waals surface area contributed by atoms with Crippen LogP contribution >= 0.6 is 24.0 Å². The maximum atomic E-state index is 5.88. The van der Waals surface area contributed by atoms with Crippen LogP contribution in [0.1, 0.15) is 25.8 Å². The molecule has 15 heavy (non-hydrogen) atoms. The fourth-order valence-corrected chi connectivity index (χ4v) is 1.48. The highest BCUT2D eigenvalue weighted by molar-refractivity contribution is 6.30. The predicted molar refractivity (Wildman–Crippen MR) is 69.9 cm³/mol. The molecule has 1 rings (SSSR count). The molecule has 3 heteroatoms. The molecule has 86 valence electrons. The lowest BCUT2D eigenvalue weighted by atomic mass is 10.1. The summed E-state index contributed by atoms with van der Waals surface area (Å²) in [5.74, 6) is 0.766. The molecule has 0 saturated heterocycles. The number of benzene rings is 1. The Morgan fingerprint density at radius 2 is 2.07 bits per heavy atom. The van der Waals surface area contributed by atoms with E-state index in [1.165, 1.54) is 12.0 Å². The van der Waals surface area contributed by atoms with Crippen LogP contribution in [0.4, 0.5) is 0 Å². The molecule has 0 bridgehead atoms. The molecule has 0 aliphatic rings. The van der Waals surface area contributed by atoms with Gasteiger partial charge in [-0.3, -0.25) is 0 Å². The molecule has 0 aliphatic carbocycles. The second-order valence-corrected chi connectivity index (χ2v) is 4.43. The van der Waals surface area contributed by atoms with E-state index in [2.05, 4.69) is 25.2 Å². The normalized spacial score (nSPS) is 10.1. The van der Waals surface area contributed by atoms with Crippen molar-refractivity contribution in [1.29, 1.82) is 0 Å². The summed E-state index contributed by atoms with van der Waals surface area (Å²) in [6, 6.07) is 7.99. The molecule has 1 aromatic carbocycles. The molecule has 0 amide bonds. The smallest absolute Gasteiger partial charge is 0.0409 e. The molecule has 1 nitrogen and oxygen atoms in total. The molecule has 1 N–H and O–H groups in total. The van der Waals surface area contributed by atoms with Crippen molar-refractivity contribution in [2.75, 3.05) is 6.54 Å². The van der Waals surface area contributed by atoms with Crippen LogP contribution in [-0.4, -0.2) is 6.54 Å². The summed E-state index contributed by atoms with van der Waals surface area (Å²) in [4.78, 5) is 0. The van der Waals surface area contributed by atoms with Crippen LogP contribution in [0.15, 0.2) is 24.3 Å². The Kier molecular flexibility index (Phi) is 7.85. The minimum atomic E-state index is 0. The summed E-state index contributed by atoms with van der Waals surface area (Å²) < 4.78 is 0. The zero-order valence-corrected chi connectivity index (χ0v) is 10.9. The van der Waals surface area contributed by atoms with E-state index < -0.39 is 0 Å². The van der Waals surface area contributed by atoms with Crippen LogP contribution in [0, 0.1) is 5.92 Å². The minimum Gasteiger partial charge on any atom is -0.313 e. The van der Waals surface area contributed by atoms with Gasteiger partial charge in [-0.25, -0.2) is 0 Å². The van der Waals surface area contributed by atoms with Crippen molar-refractivity contribution in [3.05, 3.63) is 34.9 Å². The Morgan fingerprint density at radius 3 is 2.67 bits per heavy atom. The topological polar surface area (TPSA) is 12.0 Å². The highest BCUT2D eigenvalue weighted by atomic mass is 35.5. The van der Waals surface area contributed by atoms with Gasteiger partial charge in [-0.15, -0.1) is 12.4 Å². The van der Waals surface area contributed by atoms with Crippen molar-refractivity contribution >= 4 is 24.0 Å². The summed E-state index contributed by atoms with van der Waals surface area (Å²) in [7, 11) is 0. The molecule has 0 unspecified atom stereocenters. The van der Waals surface area contributed by atoms with Gasteiger partial charge in [0.2, 0.25) is 0 Å². The molecule has 0 aliphatic heterocycles. The van der Waals surface area contributed by atoms with Gasteiger partial charge < -0.3 is 5.32 Å². The lowest BCUT2D eigenvalue weighted by Gasteiger charge is -2.07. The van der Waals surface area contributed by atoms with Crippen LogP contribution in [-0.2, 0) is 6.54 Å². The van der Waals surface area contributed by atoms with Gasteiger partial charge in [0.05, 0.1) is 0 Å². The molecule has 0 aromatic heterocycles. The first-order chi connectivity index (χ1) is 6.68. The number of hydrogen-bond acceptors (Lipinski definition) is 1. The van der Waals surface area contributed by atoms with Crippen molar-refractivity contribution in [2.24, 2.45) is 5.92 Å². The molecule has 0 fully saturated rings. The standard InChI is InChI=1S/C12H18ClN.ClH/c1-10(2)6-7-14-9-11-4-3-5-12(13)8-11;/h3-5,8,10,14H,6-7,9H2,1-2H3;1H. The fraction of sp³-hybridized carbons (Fsp3) is 0.500. The van der Waals surface area contributed by atoms with Crippen LogP contribution in [0.2, 0.25) is 5.02 Å². The van der Waals surface area contributed by atoms with Gasteiger partial charge in [0.25, 0.3) is 0 Å². The summed E-state index contributed by atoms with van der Waals surface area (Å²) in [5.41, 5.74) is 1.25. The third kappa shape index (κ3) is 6.77. The monoisotopic (exact) mass is 247 g/mol. The lowest BCUT2D eigenvalue weighted by molar-refractivity contribution is 0.537. The number of hydrogen-bond donors (Lipinski definition) is 1. The van der Waals surface area contributed by atoms with Crippen molar-refractivity contribution < 1.29 is 0 Å². The number of halogens is 2. The Hall–Kier alpha value is -0.240. The zero-order valence-electron chi connectivity index (χ0n) is 9.29. The van der Waals surface area contributed by atoms with Gasteiger partial charge in [-0.2, -0.15) is 0 Å². The molecule has 0 radical (unpaired) electrons. The average molecular weight is 248 g/mol. The highest BCUT2D eigenvalue weighted by Crippen LogP contribution is 2.10. The number of rotatable bonds is 5. The van der Waals surface area contributed by atoms with E-state index in [4.69, 9.17) is 11.6 Å². The summed E-state index contributed by atoms with van der Waals surface area (Å²) in [6.45, 7) is 6.46. The van der Waals surface area contributed by atoms with E-state index in [1.807, 2.05) is 18.2 Å². The van der Waals surface area contributed by atoms with E-state index >= 15 is 0 Å². The van der Waals surface area contributed by atoms with E-state index in [1.54, 1.807) is 0 Å². The molecule has 0 atom stereocenters. The van der Waals surface area contributed by atoms with Crippen LogP contribution < -0.4 is 5.32 Å². The van der Waals surface area contributed by atoms with E-state index in [9.17, 15) is 0 Å². The van der Waals surface area contributed by atoms with Crippen LogP contribution in [0.25, 0.3) is 0 Å². The SMILES string of the molecule is CC(C)CCNCc1cccc(Cl)c1.Cl. The second kappa shape index (κ2) is 7.98. The second-order valence-electron chi connectivity index (χ2n) is 3.99. The average Bonchev–Trinajstić information content (AvgIpc) is 2.12. The van der Waals surface area contributed by atoms with E-state index in [-0.39, 0.29) is 12.4 Å². The lowest BCUT2D eigenvalue weighted by Crippen LogP contribution is -2.16. The minimum absolute atomic E-state index is 0. The van der Waals surface area contributed by atoms with E-state index in [0.29, 0.717) is 0 Å². The fourth-order valence-electron chi connectivity index (χ4n) is 1.27. The van der Waals surface area contributed by atoms with E-state index in [0.717, 1.165) is 24.0 Å². The predicted octanol–water partition coefficient (Wildman–Crippen LogP) is 3.90. The quantitative estimate of drug-likeness (QED) is 0.779. The van der Waals surface area contributed by atoms with Gasteiger partial charge in [-0.1, -0.05) is 37.6 Å². The van der Waals surface area contributed by atoms with Crippen molar-refractivity contribution in [3.63, 3.8) is 0 Å². The van der Waals surface area contributed by atoms with Gasteiger partial charge >= 0.3 is 0 Å². The highest BCUT2D eigenvalue weighted by Gasteiger charge is 1.95. The molecule has 0 spiro atoms.